The van der Waals surface area contributed by atoms with E-state index in [1.54, 1.807) is 50.6 Å². The summed E-state index contributed by atoms with van der Waals surface area (Å²) >= 11 is 0. The second-order valence-corrected chi connectivity index (χ2v) is 8.97. The van der Waals surface area contributed by atoms with Crippen LogP contribution in [0.2, 0.25) is 0 Å². The van der Waals surface area contributed by atoms with E-state index in [9.17, 15) is 4.79 Å². The van der Waals surface area contributed by atoms with Gasteiger partial charge in [0.05, 0.1) is 19.7 Å². The van der Waals surface area contributed by atoms with E-state index in [2.05, 4.69) is 16.0 Å². The number of hydrogen-bond donors (Lipinski definition) is 0. The van der Waals surface area contributed by atoms with Gasteiger partial charge in [-0.3, -0.25) is 9.69 Å². The predicted octanol–water partition coefficient (Wildman–Crippen LogP) is 4.41. The molecule has 0 atom stereocenters. The minimum Gasteiger partial charge on any atom is -0.497 e. The Morgan fingerprint density at radius 2 is 1.79 bits per heavy atom. The first kappa shape index (κ1) is 25.3. The lowest BCUT2D eigenvalue weighted by Crippen LogP contribution is -2.38. The predicted molar refractivity (Wildman–Crippen MR) is 143 cm³/mol. The zero-order valence-electron chi connectivity index (χ0n) is 21.7. The standard InChI is InChI=1S/C29H30N4O5/c1-32-13-14-33(19-21-17-20-18-22(35-2)10-11-24(20)31-27(21)36-3)15-16-37-25-8-4-5-9-26(25)38-28-23(29(32)34)7-6-12-30-28/h4-12,17-18H,13-16,19H2,1-3H3. The Bertz CT molecular complexity index is 1440. The van der Waals surface area contributed by atoms with Crippen molar-refractivity contribution in [3.8, 4) is 29.0 Å². The van der Waals surface area contributed by atoms with E-state index in [1.165, 1.54) is 0 Å². The van der Waals surface area contributed by atoms with Crippen molar-refractivity contribution >= 4 is 16.8 Å². The van der Waals surface area contributed by atoms with Gasteiger partial charge < -0.3 is 23.8 Å². The van der Waals surface area contributed by atoms with Gasteiger partial charge in [-0.05, 0) is 48.5 Å². The molecule has 9 nitrogen and oxygen atoms in total. The lowest BCUT2D eigenvalue weighted by molar-refractivity contribution is 0.0770. The fourth-order valence-electron chi connectivity index (χ4n) is 4.38. The third-order valence-electron chi connectivity index (χ3n) is 6.47. The van der Waals surface area contributed by atoms with E-state index in [-0.39, 0.29) is 11.8 Å². The maximum Gasteiger partial charge on any atom is 0.259 e. The molecule has 2 aromatic heterocycles. The van der Waals surface area contributed by atoms with Gasteiger partial charge in [-0.15, -0.1) is 0 Å². The summed E-state index contributed by atoms with van der Waals surface area (Å²) in [6.07, 6.45) is 1.61. The minimum atomic E-state index is -0.164. The molecule has 0 radical (unpaired) electrons. The Labute approximate surface area is 221 Å². The molecule has 0 bridgehead atoms. The van der Waals surface area contributed by atoms with Gasteiger partial charge in [-0.2, -0.15) is 0 Å². The molecule has 0 saturated carbocycles. The summed E-state index contributed by atoms with van der Waals surface area (Å²) in [5.74, 6) is 2.50. The zero-order chi connectivity index (χ0) is 26.5. The number of methoxy groups -OCH3 is 2. The molecule has 196 valence electrons. The third-order valence-corrected chi connectivity index (χ3v) is 6.47. The average molecular weight is 515 g/mol. The van der Waals surface area contributed by atoms with Crippen LogP contribution in [0.25, 0.3) is 10.9 Å². The van der Waals surface area contributed by atoms with Crippen molar-refractivity contribution in [2.75, 3.05) is 47.5 Å². The van der Waals surface area contributed by atoms with Gasteiger partial charge in [0.15, 0.2) is 11.5 Å². The summed E-state index contributed by atoms with van der Waals surface area (Å²) in [6.45, 7) is 2.70. The number of ether oxygens (including phenoxy) is 4. The van der Waals surface area contributed by atoms with E-state index in [4.69, 9.17) is 23.9 Å². The molecule has 1 aliphatic rings. The molecule has 1 aliphatic heterocycles. The Kier molecular flexibility index (Phi) is 7.55. The quantitative estimate of drug-likeness (QED) is 0.396. The fraction of sp³-hybridized carbons (Fsp3) is 0.276. The molecule has 38 heavy (non-hydrogen) atoms. The number of nitrogens with zero attached hydrogens (tertiary/aromatic N) is 4. The number of likely N-dealkylation sites (N-methyl/N-ethyl adjacent to an activating group) is 1. The van der Waals surface area contributed by atoms with E-state index in [0.717, 1.165) is 22.2 Å². The molecule has 3 heterocycles. The lowest BCUT2D eigenvalue weighted by Gasteiger charge is -2.26. The van der Waals surface area contributed by atoms with E-state index < -0.39 is 0 Å². The van der Waals surface area contributed by atoms with Crippen LogP contribution in [0.4, 0.5) is 0 Å². The molecule has 2 aromatic carbocycles. The molecule has 0 saturated heterocycles. The van der Waals surface area contributed by atoms with Crippen LogP contribution < -0.4 is 18.9 Å². The van der Waals surface area contributed by atoms with Crippen molar-refractivity contribution < 1.29 is 23.7 Å². The highest BCUT2D eigenvalue weighted by molar-refractivity contribution is 5.96. The first-order chi connectivity index (χ1) is 18.6. The number of aromatic nitrogens is 2. The van der Waals surface area contributed by atoms with E-state index >= 15 is 0 Å². The first-order valence-electron chi connectivity index (χ1n) is 12.4. The number of rotatable bonds is 4. The number of hydrogen-bond acceptors (Lipinski definition) is 8. The third kappa shape index (κ3) is 5.47. The maximum absolute atomic E-state index is 13.3. The van der Waals surface area contributed by atoms with Gasteiger partial charge in [0.25, 0.3) is 5.91 Å². The molecule has 0 unspecified atom stereocenters. The average Bonchev–Trinajstić information content (AvgIpc) is 2.96. The van der Waals surface area contributed by atoms with Gasteiger partial charge in [-0.1, -0.05) is 12.1 Å². The van der Waals surface area contributed by atoms with Crippen LogP contribution in [0.5, 0.6) is 29.0 Å². The number of para-hydroxylation sites is 2. The van der Waals surface area contributed by atoms with Crippen molar-refractivity contribution in [1.82, 2.24) is 19.8 Å². The molecular formula is C29H30N4O5. The molecule has 9 heteroatoms. The monoisotopic (exact) mass is 514 g/mol. The second kappa shape index (κ2) is 11.4. The first-order valence-corrected chi connectivity index (χ1v) is 12.4. The molecular weight excluding hydrogens is 484 g/mol. The molecule has 0 fully saturated rings. The summed E-state index contributed by atoms with van der Waals surface area (Å²) < 4.78 is 23.2. The summed E-state index contributed by atoms with van der Waals surface area (Å²) in [5, 5.41) is 0.963. The number of benzene rings is 2. The second-order valence-electron chi connectivity index (χ2n) is 8.97. The highest BCUT2D eigenvalue weighted by Crippen LogP contribution is 2.32. The van der Waals surface area contributed by atoms with Crippen molar-refractivity contribution in [1.29, 1.82) is 0 Å². The number of fused-ring (bicyclic) bond motifs is 3. The van der Waals surface area contributed by atoms with Crippen molar-refractivity contribution in [2.24, 2.45) is 0 Å². The summed E-state index contributed by atoms with van der Waals surface area (Å²) in [5.41, 5.74) is 2.16. The van der Waals surface area contributed by atoms with Gasteiger partial charge >= 0.3 is 0 Å². The molecule has 5 rings (SSSR count). The Morgan fingerprint density at radius 1 is 0.947 bits per heavy atom. The molecule has 4 aromatic rings. The van der Waals surface area contributed by atoms with Crippen LogP contribution in [-0.4, -0.2) is 73.2 Å². The van der Waals surface area contributed by atoms with Gasteiger partial charge in [0, 0.05) is 50.4 Å². The Hall–Kier alpha value is -4.37. The molecule has 0 aliphatic carbocycles. The number of amides is 1. The van der Waals surface area contributed by atoms with Crippen LogP contribution in [0.15, 0.2) is 66.9 Å². The molecule has 0 N–H and O–H groups in total. The lowest BCUT2D eigenvalue weighted by atomic mass is 10.1. The van der Waals surface area contributed by atoms with Crippen LogP contribution in [0, 0.1) is 0 Å². The fourth-order valence-corrected chi connectivity index (χ4v) is 4.38. The SMILES string of the molecule is COc1ccc2nc(OC)c(CN3CCOc4ccccc4Oc4ncccc4C(=O)N(C)CC3)cc2c1. The Morgan fingerprint density at radius 3 is 2.61 bits per heavy atom. The zero-order valence-corrected chi connectivity index (χ0v) is 21.7. The van der Waals surface area contributed by atoms with Crippen LogP contribution in [-0.2, 0) is 6.54 Å². The van der Waals surface area contributed by atoms with Gasteiger partial charge in [0.2, 0.25) is 11.8 Å². The molecule has 1 amide bonds. The number of pyridine rings is 2. The van der Waals surface area contributed by atoms with Crippen LogP contribution in [0.1, 0.15) is 15.9 Å². The summed E-state index contributed by atoms with van der Waals surface area (Å²) in [6, 6.07) is 18.7. The normalized spacial score (nSPS) is 14.7. The topological polar surface area (TPSA) is 86.3 Å². The van der Waals surface area contributed by atoms with Crippen LogP contribution >= 0.6 is 0 Å². The van der Waals surface area contributed by atoms with E-state index in [0.29, 0.717) is 55.7 Å². The van der Waals surface area contributed by atoms with Gasteiger partial charge in [-0.25, -0.2) is 9.97 Å². The maximum atomic E-state index is 13.3. The Balaban J connectivity index is 1.45. The highest BCUT2D eigenvalue weighted by atomic mass is 16.5. The van der Waals surface area contributed by atoms with Crippen molar-refractivity contribution in [3.05, 3.63) is 78.0 Å². The number of carbonyl (C=O) groups excluding carboxylic acids is 1. The minimum absolute atomic E-state index is 0.164. The number of carbonyl (C=O) groups is 1. The van der Waals surface area contributed by atoms with Crippen molar-refractivity contribution in [3.63, 3.8) is 0 Å². The van der Waals surface area contributed by atoms with E-state index in [1.807, 2.05) is 36.4 Å². The summed E-state index contributed by atoms with van der Waals surface area (Å²) in [4.78, 5) is 26.3. The largest absolute Gasteiger partial charge is 0.497 e. The molecule has 0 spiro atoms. The van der Waals surface area contributed by atoms with Crippen molar-refractivity contribution in [2.45, 2.75) is 6.54 Å². The highest BCUT2D eigenvalue weighted by Gasteiger charge is 2.22. The van der Waals surface area contributed by atoms with Crippen LogP contribution in [0.3, 0.4) is 0 Å². The van der Waals surface area contributed by atoms with Gasteiger partial charge in [0.1, 0.15) is 17.9 Å². The summed E-state index contributed by atoms with van der Waals surface area (Å²) in [7, 11) is 5.05. The smallest absolute Gasteiger partial charge is 0.259 e.